The molecule has 0 spiro atoms. The second-order valence-electron chi connectivity index (χ2n) is 11.4. The molecule has 2 aliphatic heterocycles. The van der Waals surface area contributed by atoms with E-state index in [-0.39, 0.29) is 68.8 Å². The number of hydrogen-bond donors (Lipinski definition) is 3. The van der Waals surface area contributed by atoms with Crippen molar-refractivity contribution >= 4 is 29.7 Å². The Morgan fingerprint density at radius 1 is 0.978 bits per heavy atom. The van der Waals surface area contributed by atoms with Gasteiger partial charge in [-0.1, -0.05) is 18.2 Å². The van der Waals surface area contributed by atoms with E-state index in [1.165, 1.54) is 27.7 Å². The number of carbonyl (C=O) groups is 5. The number of ether oxygens (including phenoxy) is 2. The minimum atomic E-state index is -1.05. The molecule has 3 fully saturated rings. The predicted molar refractivity (Wildman–Crippen MR) is 159 cm³/mol. The van der Waals surface area contributed by atoms with Gasteiger partial charge in [0.2, 0.25) is 17.7 Å². The molecular formula is C30H39N7O8. The van der Waals surface area contributed by atoms with Gasteiger partial charge >= 0.3 is 6.09 Å². The number of hydrogen-bond acceptors (Lipinski definition) is 8. The van der Waals surface area contributed by atoms with Crippen molar-refractivity contribution in [1.29, 1.82) is 0 Å². The number of rotatable bonds is 11. The normalized spacial score (nSPS) is 19.0. The van der Waals surface area contributed by atoms with Crippen LogP contribution < -0.4 is 15.4 Å². The molecule has 15 heteroatoms. The first kappa shape index (κ1) is 31.8. The Bertz CT molecular complexity index is 1390. The number of methoxy groups -OCH3 is 1. The molecule has 0 bridgehead atoms. The molecule has 3 aliphatic rings. The van der Waals surface area contributed by atoms with Crippen molar-refractivity contribution in [2.24, 2.45) is 0 Å². The molecule has 1 saturated carbocycles. The molecule has 3 heterocycles. The van der Waals surface area contributed by atoms with Crippen LogP contribution in [0.4, 0.5) is 4.79 Å². The summed E-state index contributed by atoms with van der Waals surface area (Å²) in [4.78, 5) is 68.1. The van der Waals surface area contributed by atoms with Crippen molar-refractivity contribution < 1.29 is 38.6 Å². The standard InChI is InChI=1S/C30H39N7O8/c1-44-18-23(29(41)34-13-15-35(16-14-34)30(42)43)32-27(39)22-17-26(37(33-22)21-9-3-2-4-10-21)45-19-25(38)36-12-6-11-24(36)28(40)31-20-7-5-8-20/h2-4,9-10,17,20,23-24H,5-8,11-16,18-19H2,1H3,(H,31,40)(H,32,39)(H,42,43). The van der Waals surface area contributed by atoms with Crippen molar-refractivity contribution in [2.75, 3.05) is 53.0 Å². The zero-order valence-electron chi connectivity index (χ0n) is 25.2. The molecule has 1 aliphatic carbocycles. The van der Waals surface area contributed by atoms with Gasteiger partial charge in [-0.05, 0) is 44.2 Å². The second-order valence-corrected chi connectivity index (χ2v) is 11.4. The van der Waals surface area contributed by atoms with Gasteiger partial charge in [0.1, 0.15) is 12.1 Å². The van der Waals surface area contributed by atoms with E-state index in [0.717, 1.165) is 25.7 Å². The van der Waals surface area contributed by atoms with Crippen molar-refractivity contribution in [2.45, 2.75) is 50.2 Å². The molecule has 15 nitrogen and oxygen atoms in total. The smallest absolute Gasteiger partial charge is 0.407 e. The summed E-state index contributed by atoms with van der Waals surface area (Å²) in [6.45, 7) is 0.701. The van der Waals surface area contributed by atoms with Crippen LogP contribution in [-0.2, 0) is 19.1 Å². The van der Waals surface area contributed by atoms with Gasteiger partial charge in [-0.2, -0.15) is 5.10 Å². The number of amides is 5. The molecule has 1 aromatic carbocycles. The third-order valence-electron chi connectivity index (χ3n) is 8.38. The van der Waals surface area contributed by atoms with Gasteiger partial charge in [0, 0.05) is 51.9 Å². The maximum atomic E-state index is 13.4. The van der Waals surface area contributed by atoms with E-state index in [1.54, 1.807) is 29.2 Å². The van der Waals surface area contributed by atoms with Crippen LogP contribution in [0.15, 0.2) is 36.4 Å². The van der Waals surface area contributed by atoms with Crippen LogP contribution in [0.2, 0.25) is 0 Å². The molecule has 45 heavy (non-hydrogen) atoms. The molecule has 2 unspecified atom stereocenters. The lowest BCUT2D eigenvalue weighted by Crippen LogP contribution is -2.56. The van der Waals surface area contributed by atoms with Gasteiger partial charge in [-0.25, -0.2) is 9.48 Å². The monoisotopic (exact) mass is 625 g/mol. The number of aromatic nitrogens is 2. The van der Waals surface area contributed by atoms with E-state index in [4.69, 9.17) is 9.47 Å². The van der Waals surface area contributed by atoms with Crippen LogP contribution in [-0.4, -0.2) is 130 Å². The third kappa shape index (κ3) is 7.53. The summed E-state index contributed by atoms with van der Waals surface area (Å²) in [7, 11) is 1.41. The highest BCUT2D eigenvalue weighted by Crippen LogP contribution is 2.23. The largest absolute Gasteiger partial charge is 0.467 e. The zero-order chi connectivity index (χ0) is 31.9. The number of nitrogens with one attached hydrogen (secondary N) is 2. The maximum absolute atomic E-state index is 13.4. The van der Waals surface area contributed by atoms with Crippen molar-refractivity contribution in [3.05, 3.63) is 42.1 Å². The fourth-order valence-electron chi connectivity index (χ4n) is 5.65. The van der Waals surface area contributed by atoms with Gasteiger partial charge in [-0.3, -0.25) is 19.2 Å². The third-order valence-corrected chi connectivity index (χ3v) is 8.38. The Hall–Kier alpha value is -4.66. The summed E-state index contributed by atoms with van der Waals surface area (Å²) in [5.74, 6) is -1.41. The number of para-hydroxylation sites is 1. The predicted octanol–water partition coefficient (Wildman–Crippen LogP) is 0.478. The fraction of sp³-hybridized carbons (Fsp3) is 0.533. The lowest BCUT2D eigenvalue weighted by atomic mass is 9.93. The Labute approximate surface area is 260 Å². The number of likely N-dealkylation sites (tertiary alicyclic amines) is 1. The molecule has 1 aromatic heterocycles. The van der Waals surface area contributed by atoms with Gasteiger partial charge in [0.15, 0.2) is 12.3 Å². The SMILES string of the molecule is COCC(NC(=O)c1cc(OCC(=O)N2CCCC2C(=O)NC2CCC2)n(-c2ccccc2)n1)C(=O)N1CCN(C(=O)O)CC1. The van der Waals surface area contributed by atoms with Crippen LogP contribution in [0.25, 0.3) is 5.69 Å². The topological polar surface area (TPSA) is 176 Å². The van der Waals surface area contributed by atoms with Crippen molar-refractivity contribution in [3.8, 4) is 11.6 Å². The average Bonchev–Trinajstić information content (AvgIpc) is 3.70. The summed E-state index contributed by atoms with van der Waals surface area (Å²) in [5.41, 5.74) is 0.531. The summed E-state index contributed by atoms with van der Waals surface area (Å²) in [6.07, 6.45) is 3.27. The molecule has 3 N–H and O–H groups in total. The van der Waals surface area contributed by atoms with Crippen molar-refractivity contribution in [3.63, 3.8) is 0 Å². The summed E-state index contributed by atoms with van der Waals surface area (Å²) < 4.78 is 12.5. The van der Waals surface area contributed by atoms with Gasteiger partial charge < -0.3 is 39.9 Å². The fourth-order valence-corrected chi connectivity index (χ4v) is 5.65. The van der Waals surface area contributed by atoms with Crippen LogP contribution >= 0.6 is 0 Å². The quantitative estimate of drug-likeness (QED) is 0.321. The van der Waals surface area contributed by atoms with Crippen molar-refractivity contribution in [1.82, 2.24) is 35.1 Å². The highest BCUT2D eigenvalue weighted by molar-refractivity contribution is 5.96. The lowest BCUT2D eigenvalue weighted by molar-refractivity contribution is -0.140. The van der Waals surface area contributed by atoms with Crippen LogP contribution in [0.1, 0.15) is 42.6 Å². The van der Waals surface area contributed by atoms with Gasteiger partial charge in [0.05, 0.1) is 12.3 Å². The lowest BCUT2D eigenvalue weighted by Gasteiger charge is -2.35. The highest BCUT2D eigenvalue weighted by Gasteiger charge is 2.36. The Balaban J connectivity index is 1.27. The number of nitrogens with zero attached hydrogens (tertiary/aromatic N) is 5. The minimum Gasteiger partial charge on any atom is -0.467 e. The second kappa shape index (κ2) is 14.4. The first-order chi connectivity index (χ1) is 21.7. The number of carboxylic acid groups (broad SMARTS) is 1. The number of benzene rings is 1. The number of piperazine rings is 1. The highest BCUT2D eigenvalue weighted by atomic mass is 16.5. The van der Waals surface area contributed by atoms with Crippen LogP contribution in [0.3, 0.4) is 0 Å². The summed E-state index contributed by atoms with van der Waals surface area (Å²) in [6, 6.07) is 8.92. The first-order valence-electron chi connectivity index (χ1n) is 15.2. The molecule has 5 rings (SSSR count). The van der Waals surface area contributed by atoms with Gasteiger partial charge in [0.25, 0.3) is 11.8 Å². The molecule has 0 radical (unpaired) electrons. The van der Waals surface area contributed by atoms with E-state index < -0.39 is 30.0 Å². The Morgan fingerprint density at radius 2 is 1.69 bits per heavy atom. The summed E-state index contributed by atoms with van der Waals surface area (Å²) in [5, 5.41) is 19.3. The molecule has 2 atom stereocenters. The minimum absolute atomic E-state index is 0.0511. The van der Waals surface area contributed by atoms with E-state index in [0.29, 0.717) is 18.7 Å². The van der Waals surface area contributed by atoms with E-state index in [1.807, 2.05) is 6.07 Å². The molecule has 2 saturated heterocycles. The Morgan fingerprint density at radius 3 is 2.33 bits per heavy atom. The molecule has 242 valence electrons. The first-order valence-corrected chi connectivity index (χ1v) is 15.2. The number of carbonyl (C=O) groups excluding carboxylic acids is 4. The summed E-state index contributed by atoms with van der Waals surface area (Å²) >= 11 is 0. The Kier molecular flexibility index (Phi) is 10.2. The van der Waals surface area contributed by atoms with Crippen LogP contribution in [0, 0.1) is 0 Å². The maximum Gasteiger partial charge on any atom is 0.407 e. The van der Waals surface area contributed by atoms with E-state index in [2.05, 4.69) is 15.7 Å². The van der Waals surface area contributed by atoms with E-state index >= 15 is 0 Å². The van der Waals surface area contributed by atoms with Gasteiger partial charge in [-0.15, -0.1) is 0 Å². The molecular weight excluding hydrogens is 586 g/mol. The van der Waals surface area contributed by atoms with E-state index in [9.17, 15) is 29.1 Å². The molecule has 2 aromatic rings. The molecule has 5 amide bonds. The zero-order valence-corrected chi connectivity index (χ0v) is 25.2. The average molecular weight is 626 g/mol. The van der Waals surface area contributed by atoms with Crippen LogP contribution in [0.5, 0.6) is 5.88 Å².